The van der Waals surface area contributed by atoms with Gasteiger partial charge in [0, 0.05) is 5.56 Å². The normalized spacial score (nSPS) is 17.5. The third-order valence-corrected chi connectivity index (χ3v) is 4.73. The maximum Gasteiger partial charge on any atom is 0.240 e. The predicted molar refractivity (Wildman–Crippen MR) is 83.9 cm³/mol. The zero-order valence-electron chi connectivity index (χ0n) is 12.2. The first kappa shape index (κ1) is 15.6. The summed E-state index contributed by atoms with van der Waals surface area (Å²) in [6.45, 7) is 0.150. The SMILES string of the molecule is O=C(CN1C(=O)CS[C@H]1c1ccccc1F)NCc1ccco1. The molecule has 23 heavy (non-hydrogen) atoms. The lowest BCUT2D eigenvalue weighted by atomic mass is 10.2. The number of amides is 2. The van der Waals surface area contributed by atoms with Crippen molar-refractivity contribution in [2.45, 2.75) is 11.9 Å². The number of rotatable bonds is 5. The number of thioether (sulfide) groups is 1. The summed E-state index contributed by atoms with van der Waals surface area (Å²) in [5.41, 5.74) is 0.419. The molecule has 1 N–H and O–H groups in total. The topological polar surface area (TPSA) is 62.6 Å². The molecule has 0 bridgehead atoms. The minimum atomic E-state index is -0.474. The zero-order valence-corrected chi connectivity index (χ0v) is 13.0. The summed E-state index contributed by atoms with van der Waals surface area (Å²) in [5, 5.41) is 2.22. The first-order valence-electron chi connectivity index (χ1n) is 7.10. The Morgan fingerprint density at radius 2 is 2.17 bits per heavy atom. The fourth-order valence-electron chi connectivity index (χ4n) is 2.37. The smallest absolute Gasteiger partial charge is 0.240 e. The van der Waals surface area contributed by atoms with E-state index in [2.05, 4.69) is 5.32 Å². The van der Waals surface area contributed by atoms with Crippen LogP contribution >= 0.6 is 11.8 Å². The van der Waals surface area contributed by atoms with Crippen LogP contribution in [-0.2, 0) is 16.1 Å². The van der Waals surface area contributed by atoms with Crippen molar-refractivity contribution in [1.82, 2.24) is 10.2 Å². The fourth-order valence-corrected chi connectivity index (χ4v) is 3.58. The number of nitrogens with one attached hydrogen (secondary N) is 1. The monoisotopic (exact) mass is 334 g/mol. The molecule has 120 valence electrons. The van der Waals surface area contributed by atoms with Crippen LogP contribution in [-0.4, -0.2) is 29.0 Å². The van der Waals surface area contributed by atoms with E-state index in [-0.39, 0.29) is 36.5 Å². The Kier molecular flexibility index (Phi) is 4.66. The van der Waals surface area contributed by atoms with E-state index in [1.54, 1.807) is 30.3 Å². The van der Waals surface area contributed by atoms with Gasteiger partial charge in [0.25, 0.3) is 0 Å². The lowest BCUT2D eigenvalue weighted by Crippen LogP contribution is -2.39. The van der Waals surface area contributed by atoms with Crippen LogP contribution in [0.5, 0.6) is 0 Å². The van der Waals surface area contributed by atoms with Gasteiger partial charge in [-0.05, 0) is 18.2 Å². The highest BCUT2D eigenvalue weighted by molar-refractivity contribution is 8.00. The molecule has 3 rings (SSSR count). The molecule has 1 aromatic heterocycles. The van der Waals surface area contributed by atoms with Crippen molar-refractivity contribution >= 4 is 23.6 Å². The van der Waals surface area contributed by atoms with Crippen LogP contribution in [0, 0.1) is 5.82 Å². The van der Waals surface area contributed by atoms with Crippen molar-refractivity contribution in [2.24, 2.45) is 0 Å². The molecule has 1 saturated heterocycles. The highest BCUT2D eigenvalue weighted by Gasteiger charge is 2.35. The number of carbonyl (C=O) groups is 2. The van der Waals surface area contributed by atoms with Gasteiger partial charge in [-0.2, -0.15) is 0 Å². The van der Waals surface area contributed by atoms with Gasteiger partial charge in [0.2, 0.25) is 11.8 Å². The maximum atomic E-state index is 13.9. The van der Waals surface area contributed by atoms with Crippen LogP contribution in [0.15, 0.2) is 47.1 Å². The molecule has 5 nitrogen and oxygen atoms in total. The number of furan rings is 1. The molecule has 1 atom stereocenters. The minimum Gasteiger partial charge on any atom is -0.467 e. The van der Waals surface area contributed by atoms with E-state index in [0.29, 0.717) is 11.3 Å². The summed E-state index contributed by atoms with van der Waals surface area (Å²) in [7, 11) is 0. The standard InChI is InChI=1S/C16H15FN2O3S/c17-13-6-2-1-5-12(13)16-19(15(21)10-23-16)9-14(20)18-8-11-4-3-7-22-11/h1-7,16H,8-10H2,(H,18,20)/t16-/m0/s1. The molecule has 1 aliphatic heterocycles. The quantitative estimate of drug-likeness (QED) is 0.911. The van der Waals surface area contributed by atoms with Crippen LogP contribution in [0.25, 0.3) is 0 Å². The maximum absolute atomic E-state index is 13.9. The van der Waals surface area contributed by atoms with Gasteiger partial charge in [0.05, 0.1) is 18.6 Å². The Morgan fingerprint density at radius 1 is 1.35 bits per heavy atom. The van der Waals surface area contributed by atoms with Gasteiger partial charge in [-0.25, -0.2) is 4.39 Å². The first-order chi connectivity index (χ1) is 11.1. The number of halogens is 1. The number of nitrogens with zero attached hydrogens (tertiary/aromatic N) is 1. The van der Waals surface area contributed by atoms with Gasteiger partial charge in [-0.15, -0.1) is 11.8 Å². The van der Waals surface area contributed by atoms with Crippen LogP contribution < -0.4 is 5.32 Å². The summed E-state index contributed by atoms with van der Waals surface area (Å²) in [6, 6.07) is 9.79. The van der Waals surface area contributed by atoms with Gasteiger partial charge < -0.3 is 14.6 Å². The van der Waals surface area contributed by atoms with Crippen LogP contribution in [0.3, 0.4) is 0 Å². The number of hydrogen-bond acceptors (Lipinski definition) is 4. The molecule has 1 aliphatic rings. The van der Waals surface area contributed by atoms with Crippen molar-refractivity contribution in [2.75, 3.05) is 12.3 Å². The fraction of sp³-hybridized carbons (Fsp3) is 0.250. The van der Waals surface area contributed by atoms with Gasteiger partial charge in [-0.1, -0.05) is 18.2 Å². The van der Waals surface area contributed by atoms with Gasteiger partial charge in [-0.3, -0.25) is 9.59 Å². The van der Waals surface area contributed by atoms with Crippen LogP contribution in [0.1, 0.15) is 16.7 Å². The molecule has 2 aromatic rings. The Labute approximate surface area is 136 Å². The second-order valence-corrected chi connectivity index (χ2v) is 6.13. The van der Waals surface area contributed by atoms with E-state index in [0.717, 1.165) is 0 Å². The van der Waals surface area contributed by atoms with Crippen molar-refractivity contribution in [1.29, 1.82) is 0 Å². The molecule has 1 aromatic carbocycles. The minimum absolute atomic E-state index is 0.106. The highest BCUT2D eigenvalue weighted by Crippen LogP contribution is 2.39. The van der Waals surface area contributed by atoms with E-state index < -0.39 is 5.37 Å². The average molecular weight is 334 g/mol. The predicted octanol–water partition coefficient (Wildman–Crippen LogP) is 2.31. The van der Waals surface area contributed by atoms with E-state index in [1.165, 1.54) is 29.0 Å². The average Bonchev–Trinajstić information content (AvgIpc) is 3.17. The third-order valence-electron chi connectivity index (χ3n) is 3.49. The third kappa shape index (κ3) is 3.56. The molecule has 0 spiro atoms. The number of benzene rings is 1. The molecule has 1 fully saturated rings. The summed E-state index contributed by atoms with van der Waals surface area (Å²) in [5.74, 6) is 0.0200. The second-order valence-electron chi connectivity index (χ2n) is 5.06. The summed E-state index contributed by atoms with van der Waals surface area (Å²) in [4.78, 5) is 25.5. The lowest BCUT2D eigenvalue weighted by molar-refractivity contribution is -0.133. The highest BCUT2D eigenvalue weighted by atomic mass is 32.2. The Balaban J connectivity index is 1.66. The molecule has 0 unspecified atom stereocenters. The van der Waals surface area contributed by atoms with Crippen LogP contribution in [0.2, 0.25) is 0 Å². The Morgan fingerprint density at radius 3 is 2.91 bits per heavy atom. The van der Waals surface area contributed by atoms with Crippen molar-refractivity contribution in [3.63, 3.8) is 0 Å². The largest absolute Gasteiger partial charge is 0.467 e. The summed E-state index contributed by atoms with van der Waals surface area (Å²) in [6.07, 6.45) is 1.52. The van der Waals surface area contributed by atoms with Gasteiger partial charge in [0.15, 0.2) is 0 Å². The van der Waals surface area contributed by atoms with Gasteiger partial charge >= 0.3 is 0 Å². The lowest BCUT2D eigenvalue weighted by Gasteiger charge is -2.23. The summed E-state index contributed by atoms with van der Waals surface area (Å²) < 4.78 is 19.1. The van der Waals surface area contributed by atoms with Crippen molar-refractivity contribution in [3.8, 4) is 0 Å². The van der Waals surface area contributed by atoms with Gasteiger partial charge in [0.1, 0.15) is 23.5 Å². The molecule has 0 saturated carbocycles. The van der Waals surface area contributed by atoms with Crippen molar-refractivity contribution in [3.05, 3.63) is 59.8 Å². The Bertz CT molecular complexity index is 705. The number of carbonyl (C=O) groups excluding carboxylic acids is 2. The molecule has 2 amide bonds. The second kappa shape index (κ2) is 6.87. The zero-order chi connectivity index (χ0) is 16.2. The number of hydrogen-bond donors (Lipinski definition) is 1. The molecule has 7 heteroatoms. The summed E-state index contributed by atoms with van der Waals surface area (Å²) >= 11 is 1.32. The van der Waals surface area contributed by atoms with E-state index in [1.807, 2.05) is 0 Å². The molecular formula is C16H15FN2O3S. The molecular weight excluding hydrogens is 319 g/mol. The molecule has 0 aliphatic carbocycles. The van der Waals surface area contributed by atoms with Crippen molar-refractivity contribution < 1.29 is 18.4 Å². The first-order valence-corrected chi connectivity index (χ1v) is 8.14. The van der Waals surface area contributed by atoms with E-state index in [9.17, 15) is 14.0 Å². The van der Waals surface area contributed by atoms with E-state index >= 15 is 0 Å². The van der Waals surface area contributed by atoms with E-state index in [4.69, 9.17) is 4.42 Å². The molecule has 0 radical (unpaired) electrons. The molecule has 2 heterocycles. The Hall–Kier alpha value is -2.28. The van der Waals surface area contributed by atoms with Crippen LogP contribution in [0.4, 0.5) is 4.39 Å².